The molecule has 0 bridgehead atoms. The predicted molar refractivity (Wildman–Crippen MR) is 115 cm³/mol. The zero-order valence-corrected chi connectivity index (χ0v) is 16.7. The van der Waals surface area contributed by atoms with Crippen LogP contribution in [0.1, 0.15) is 5.56 Å². The summed E-state index contributed by atoms with van der Waals surface area (Å²) in [5, 5.41) is 8.00. The number of nitrogens with one attached hydrogen (secondary N) is 2. The molecule has 4 rings (SSSR count). The van der Waals surface area contributed by atoms with Gasteiger partial charge in [-0.15, -0.1) is 0 Å². The molecule has 0 saturated carbocycles. The number of benzene rings is 2. The number of fused-ring (bicyclic) bond motifs is 1. The molecule has 2 heterocycles. The topological polar surface area (TPSA) is 41.9 Å². The van der Waals surface area contributed by atoms with Crippen LogP contribution in [0.4, 0.5) is 15.8 Å². The van der Waals surface area contributed by atoms with E-state index in [-0.39, 0.29) is 5.82 Å². The molecule has 2 N–H and O–H groups in total. The maximum atomic E-state index is 13.3. The first-order chi connectivity index (χ1) is 13.6. The highest BCUT2D eigenvalue weighted by atomic mass is 35.5. The molecule has 0 fully saturated rings. The second kappa shape index (κ2) is 8.22. The van der Waals surface area contributed by atoms with E-state index in [0.717, 1.165) is 22.6 Å². The van der Waals surface area contributed by atoms with Crippen LogP contribution in [0.15, 0.2) is 72.0 Å². The fraction of sp³-hybridized carbons (Fsp3) is 0.0952. The Morgan fingerprint density at radius 1 is 1.18 bits per heavy atom. The van der Waals surface area contributed by atoms with E-state index in [4.69, 9.17) is 11.6 Å². The molecular formula is C21H18ClFN4S. The summed E-state index contributed by atoms with van der Waals surface area (Å²) in [6.07, 6.45) is 5.74. The monoisotopic (exact) mass is 412 g/mol. The molecule has 28 heavy (non-hydrogen) atoms. The number of pyridine rings is 1. The van der Waals surface area contributed by atoms with Gasteiger partial charge in [0, 0.05) is 41.1 Å². The Kier molecular flexibility index (Phi) is 5.52. The van der Waals surface area contributed by atoms with E-state index in [1.54, 1.807) is 24.2 Å². The summed E-state index contributed by atoms with van der Waals surface area (Å²) in [6.45, 7) is 0.771. The Morgan fingerprint density at radius 2 is 2.07 bits per heavy atom. The number of halogens is 2. The molecule has 0 spiro atoms. The number of anilines is 2. The van der Waals surface area contributed by atoms with Crippen LogP contribution in [0.3, 0.4) is 0 Å². The van der Waals surface area contributed by atoms with Gasteiger partial charge in [0.1, 0.15) is 5.82 Å². The third-order valence-electron chi connectivity index (χ3n) is 4.27. The van der Waals surface area contributed by atoms with E-state index >= 15 is 0 Å². The van der Waals surface area contributed by atoms with Crippen LogP contribution in [0.25, 0.3) is 10.9 Å². The van der Waals surface area contributed by atoms with Crippen LogP contribution >= 0.6 is 23.5 Å². The minimum atomic E-state index is -0.357. The van der Waals surface area contributed by atoms with Crippen LogP contribution in [-0.4, -0.2) is 16.0 Å². The van der Waals surface area contributed by atoms with E-state index in [9.17, 15) is 4.39 Å². The van der Waals surface area contributed by atoms with Crippen molar-refractivity contribution in [2.75, 3.05) is 12.4 Å². The zero-order valence-electron chi connectivity index (χ0n) is 15.1. The van der Waals surface area contributed by atoms with Crippen LogP contribution in [-0.2, 0) is 6.54 Å². The van der Waals surface area contributed by atoms with Gasteiger partial charge in [-0.3, -0.25) is 8.96 Å². The maximum Gasteiger partial charge on any atom is 0.124 e. The molecule has 4 aromatic rings. The first-order valence-corrected chi connectivity index (χ1v) is 9.88. The molecular weight excluding hydrogens is 395 g/mol. The van der Waals surface area contributed by atoms with Gasteiger partial charge in [-0.2, -0.15) is 0 Å². The third-order valence-corrected chi connectivity index (χ3v) is 5.53. The SMILES string of the molecule is CNCc1cn(Sc2cccnc2)c2cc(Nc3ccc(F)cc3Cl)ccc12. The largest absolute Gasteiger partial charge is 0.354 e. The van der Waals surface area contributed by atoms with Gasteiger partial charge in [-0.25, -0.2) is 4.39 Å². The van der Waals surface area contributed by atoms with Crippen LogP contribution in [0.2, 0.25) is 5.02 Å². The molecule has 0 radical (unpaired) electrons. The summed E-state index contributed by atoms with van der Waals surface area (Å²) in [5.74, 6) is -0.357. The lowest BCUT2D eigenvalue weighted by Gasteiger charge is -2.10. The fourth-order valence-electron chi connectivity index (χ4n) is 3.01. The molecule has 0 atom stereocenters. The average molecular weight is 413 g/mol. The highest BCUT2D eigenvalue weighted by molar-refractivity contribution is 7.98. The minimum absolute atomic E-state index is 0.344. The van der Waals surface area contributed by atoms with Crippen molar-refractivity contribution in [3.63, 3.8) is 0 Å². The number of hydrogen-bond acceptors (Lipinski definition) is 4. The molecule has 2 aromatic heterocycles. The molecule has 0 aliphatic heterocycles. The van der Waals surface area contributed by atoms with Crippen LogP contribution < -0.4 is 10.6 Å². The second-order valence-corrected chi connectivity index (χ2v) is 7.73. The van der Waals surface area contributed by atoms with Gasteiger partial charge in [0.25, 0.3) is 0 Å². The van der Waals surface area contributed by atoms with Crippen molar-refractivity contribution >= 4 is 45.8 Å². The Balaban J connectivity index is 1.73. The van der Waals surface area contributed by atoms with Gasteiger partial charge in [-0.05, 0) is 67.0 Å². The van der Waals surface area contributed by atoms with E-state index in [0.29, 0.717) is 10.7 Å². The van der Waals surface area contributed by atoms with E-state index in [2.05, 4.69) is 37.9 Å². The first-order valence-electron chi connectivity index (χ1n) is 8.73. The standard InChI is InChI=1S/C21H18ClFN4S/c1-24-11-14-13-27(28-17-3-2-8-25-12-17)21-10-16(5-6-18(14)21)26-20-7-4-15(23)9-19(20)22/h2-10,12-13,24,26H,11H2,1H3. The number of aromatic nitrogens is 2. The van der Waals surface area contributed by atoms with Crippen molar-refractivity contribution in [3.8, 4) is 0 Å². The Morgan fingerprint density at radius 3 is 2.82 bits per heavy atom. The lowest BCUT2D eigenvalue weighted by molar-refractivity contribution is 0.628. The third kappa shape index (κ3) is 3.99. The number of hydrogen-bond donors (Lipinski definition) is 2. The Bertz CT molecular complexity index is 1110. The van der Waals surface area contributed by atoms with Crippen LogP contribution in [0.5, 0.6) is 0 Å². The summed E-state index contributed by atoms with van der Waals surface area (Å²) in [7, 11) is 1.93. The molecule has 0 aliphatic rings. The van der Waals surface area contributed by atoms with Crippen molar-refractivity contribution in [1.29, 1.82) is 0 Å². The van der Waals surface area contributed by atoms with Gasteiger partial charge in [0.2, 0.25) is 0 Å². The summed E-state index contributed by atoms with van der Waals surface area (Å²) >= 11 is 7.76. The van der Waals surface area contributed by atoms with Gasteiger partial charge in [-0.1, -0.05) is 17.7 Å². The summed E-state index contributed by atoms with van der Waals surface area (Å²) in [6, 6.07) is 14.4. The van der Waals surface area contributed by atoms with Crippen molar-refractivity contribution < 1.29 is 4.39 Å². The Labute approximate surface area is 171 Å². The van der Waals surface area contributed by atoms with E-state index in [1.807, 2.05) is 31.4 Å². The van der Waals surface area contributed by atoms with E-state index < -0.39 is 0 Å². The highest BCUT2D eigenvalue weighted by Gasteiger charge is 2.11. The number of rotatable bonds is 6. The minimum Gasteiger partial charge on any atom is -0.354 e. The summed E-state index contributed by atoms with van der Waals surface area (Å²) in [4.78, 5) is 5.24. The average Bonchev–Trinajstić information content (AvgIpc) is 3.02. The van der Waals surface area contributed by atoms with Gasteiger partial charge >= 0.3 is 0 Å². The van der Waals surface area contributed by atoms with Crippen molar-refractivity contribution in [2.24, 2.45) is 0 Å². The molecule has 0 aliphatic carbocycles. The first kappa shape index (κ1) is 18.8. The smallest absolute Gasteiger partial charge is 0.124 e. The molecule has 0 saturated heterocycles. The van der Waals surface area contributed by atoms with Crippen molar-refractivity contribution in [3.05, 3.63) is 83.5 Å². The molecule has 2 aromatic carbocycles. The summed E-state index contributed by atoms with van der Waals surface area (Å²) in [5.41, 5.74) is 3.82. The molecule has 7 heteroatoms. The lowest BCUT2D eigenvalue weighted by Crippen LogP contribution is -2.04. The quantitative estimate of drug-likeness (QED) is 0.417. The van der Waals surface area contributed by atoms with Gasteiger partial charge in [0.15, 0.2) is 0 Å². The number of nitrogens with zero attached hydrogens (tertiary/aromatic N) is 2. The van der Waals surface area contributed by atoms with E-state index in [1.165, 1.54) is 23.1 Å². The highest BCUT2D eigenvalue weighted by Crippen LogP contribution is 2.33. The lowest BCUT2D eigenvalue weighted by atomic mass is 10.1. The predicted octanol–water partition coefficient (Wildman–Crippen LogP) is 5.85. The Hall–Kier alpha value is -2.54. The summed E-state index contributed by atoms with van der Waals surface area (Å²) < 4.78 is 15.4. The van der Waals surface area contributed by atoms with Gasteiger partial charge < -0.3 is 10.6 Å². The maximum absolute atomic E-state index is 13.3. The fourth-order valence-corrected chi connectivity index (χ4v) is 4.13. The molecule has 4 nitrogen and oxygen atoms in total. The zero-order chi connectivity index (χ0) is 19.5. The molecule has 0 amide bonds. The molecule has 0 unspecified atom stereocenters. The van der Waals surface area contributed by atoms with Crippen LogP contribution in [0, 0.1) is 5.82 Å². The van der Waals surface area contributed by atoms with Crippen molar-refractivity contribution in [1.82, 2.24) is 14.3 Å². The second-order valence-electron chi connectivity index (χ2n) is 6.27. The van der Waals surface area contributed by atoms with Crippen molar-refractivity contribution in [2.45, 2.75) is 11.4 Å². The van der Waals surface area contributed by atoms with Gasteiger partial charge in [0.05, 0.1) is 16.2 Å². The molecule has 142 valence electrons. The normalized spacial score (nSPS) is 11.1.